The molecule has 1 fully saturated rings. The van der Waals surface area contributed by atoms with E-state index in [4.69, 9.17) is 0 Å². The maximum absolute atomic E-state index is 13.9. The van der Waals surface area contributed by atoms with Crippen LogP contribution in [0.4, 0.5) is 10.1 Å². The standard InChI is InChI=1S/C15H21FN2O2/c1-14(2)12(15(14,3)4)9-17-8-10-6-5-7-11(13(10)16)18(19)20/h5-7,12,17H,8-9H2,1-4H3. The fourth-order valence-corrected chi connectivity index (χ4v) is 3.04. The lowest BCUT2D eigenvalue weighted by Crippen LogP contribution is -2.19. The third-order valence-corrected chi connectivity index (χ3v) is 5.24. The predicted octanol–water partition coefficient (Wildman–Crippen LogP) is 3.51. The Morgan fingerprint density at radius 1 is 1.30 bits per heavy atom. The molecule has 0 spiro atoms. The first-order valence-electron chi connectivity index (χ1n) is 6.82. The largest absolute Gasteiger partial charge is 0.312 e. The third-order valence-electron chi connectivity index (χ3n) is 5.24. The second kappa shape index (κ2) is 4.81. The van der Waals surface area contributed by atoms with Crippen molar-refractivity contribution in [1.82, 2.24) is 5.32 Å². The van der Waals surface area contributed by atoms with Gasteiger partial charge in [0.15, 0.2) is 0 Å². The monoisotopic (exact) mass is 280 g/mol. The fourth-order valence-electron chi connectivity index (χ4n) is 3.04. The molecule has 0 saturated heterocycles. The summed E-state index contributed by atoms with van der Waals surface area (Å²) in [4.78, 5) is 9.99. The van der Waals surface area contributed by atoms with Crippen LogP contribution in [0.15, 0.2) is 18.2 Å². The van der Waals surface area contributed by atoms with E-state index in [1.165, 1.54) is 12.1 Å². The van der Waals surface area contributed by atoms with Gasteiger partial charge in [-0.15, -0.1) is 0 Å². The molecule has 2 rings (SSSR count). The van der Waals surface area contributed by atoms with Gasteiger partial charge in [0.05, 0.1) is 4.92 Å². The quantitative estimate of drug-likeness (QED) is 0.663. The van der Waals surface area contributed by atoms with Gasteiger partial charge in [0, 0.05) is 18.2 Å². The van der Waals surface area contributed by atoms with Gasteiger partial charge in [-0.1, -0.05) is 39.8 Å². The highest BCUT2D eigenvalue weighted by Gasteiger charge is 2.63. The van der Waals surface area contributed by atoms with E-state index >= 15 is 0 Å². The summed E-state index contributed by atoms with van der Waals surface area (Å²) >= 11 is 0. The minimum absolute atomic E-state index is 0.279. The highest BCUT2D eigenvalue weighted by Crippen LogP contribution is 2.67. The average molecular weight is 280 g/mol. The van der Waals surface area contributed by atoms with Crippen molar-refractivity contribution in [3.63, 3.8) is 0 Å². The molecule has 0 aromatic heterocycles. The predicted molar refractivity (Wildman–Crippen MR) is 75.8 cm³/mol. The normalized spacial score (nSPS) is 19.9. The summed E-state index contributed by atoms with van der Waals surface area (Å²) < 4.78 is 13.9. The van der Waals surface area contributed by atoms with Crippen LogP contribution >= 0.6 is 0 Å². The highest BCUT2D eigenvalue weighted by molar-refractivity contribution is 5.36. The smallest absolute Gasteiger partial charge is 0.305 e. The second-order valence-electron chi connectivity index (χ2n) is 6.63. The van der Waals surface area contributed by atoms with Crippen molar-refractivity contribution in [2.24, 2.45) is 16.7 Å². The van der Waals surface area contributed by atoms with Crippen LogP contribution in [0.25, 0.3) is 0 Å². The van der Waals surface area contributed by atoms with Crippen molar-refractivity contribution in [2.45, 2.75) is 34.2 Å². The summed E-state index contributed by atoms with van der Waals surface area (Å²) in [5.41, 5.74) is 0.439. The first kappa shape index (κ1) is 14.9. The lowest BCUT2D eigenvalue weighted by Gasteiger charge is -2.07. The molecular weight excluding hydrogens is 259 g/mol. The maximum Gasteiger partial charge on any atom is 0.305 e. The number of benzene rings is 1. The number of halogens is 1. The van der Waals surface area contributed by atoms with Gasteiger partial charge >= 0.3 is 5.69 Å². The molecule has 5 heteroatoms. The van der Waals surface area contributed by atoms with Gasteiger partial charge in [0.2, 0.25) is 5.82 Å². The van der Waals surface area contributed by atoms with E-state index in [1.807, 2.05) is 0 Å². The maximum atomic E-state index is 13.9. The summed E-state index contributed by atoms with van der Waals surface area (Å²) in [6.45, 7) is 10.0. The Kier molecular flexibility index (Phi) is 3.58. The van der Waals surface area contributed by atoms with Gasteiger partial charge in [-0.2, -0.15) is 4.39 Å². The van der Waals surface area contributed by atoms with Crippen LogP contribution in [-0.4, -0.2) is 11.5 Å². The van der Waals surface area contributed by atoms with Gasteiger partial charge in [-0.25, -0.2) is 0 Å². The number of nitro benzene ring substituents is 1. The molecule has 1 N–H and O–H groups in total. The van der Waals surface area contributed by atoms with Crippen LogP contribution in [0.3, 0.4) is 0 Å². The average Bonchev–Trinajstić information content (AvgIpc) is 2.73. The zero-order valence-corrected chi connectivity index (χ0v) is 12.4. The zero-order valence-electron chi connectivity index (χ0n) is 12.4. The van der Waals surface area contributed by atoms with Gasteiger partial charge in [-0.3, -0.25) is 10.1 Å². The first-order chi connectivity index (χ1) is 9.19. The summed E-state index contributed by atoms with van der Waals surface area (Å²) in [6.07, 6.45) is 0. The minimum atomic E-state index is -0.737. The number of rotatable bonds is 5. The molecule has 0 unspecified atom stereocenters. The third kappa shape index (κ3) is 2.30. The fraction of sp³-hybridized carbons (Fsp3) is 0.600. The molecule has 0 radical (unpaired) electrons. The van der Waals surface area contributed by atoms with Crippen LogP contribution in [0.1, 0.15) is 33.3 Å². The van der Waals surface area contributed by atoms with Crippen molar-refractivity contribution >= 4 is 5.69 Å². The molecule has 0 amide bonds. The molecule has 0 atom stereocenters. The van der Waals surface area contributed by atoms with Crippen molar-refractivity contribution in [1.29, 1.82) is 0 Å². The molecular formula is C15H21FN2O2. The molecule has 4 nitrogen and oxygen atoms in total. The van der Waals surface area contributed by atoms with Crippen LogP contribution < -0.4 is 5.32 Å². The molecule has 110 valence electrons. The molecule has 20 heavy (non-hydrogen) atoms. The summed E-state index contributed by atoms with van der Waals surface area (Å²) in [5.74, 6) is -0.198. The summed E-state index contributed by atoms with van der Waals surface area (Å²) in [5, 5.41) is 13.9. The minimum Gasteiger partial charge on any atom is -0.312 e. The van der Waals surface area contributed by atoms with Gasteiger partial charge in [0.25, 0.3) is 0 Å². The number of hydrogen-bond donors (Lipinski definition) is 1. The molecule has 0 bridgehead atoms. The van der Waals surface area contributed by atoms with E-state index in [1.54, 1.807) is 6.07 Å². The molecule has 1 aliphatic carbocycles. The molecule has 0 heterocycles. The van der Waals surface area contributed by atoms with Crippen LogP contribution in [0.5, 0.6) is 0 Å². The Balaban J connectivity index is 1.96. The number of nitro groups is 1. The van der Waals surface area contributed by atoms with E-state index in [9.17, 15) is 14.5 Å². The van der Waals surface area contributed by atoms with Crippen molar-refractivity contribution in [2.75, 3.05) is 6.54 Å². The van der Waals surface area contributed by atoms with E-state index in [0.29, 0.717) is 18.0 Å². The van der Waals surface area contributed by atoms with E-state index in [-0.39, 0.29) is 10.8 Å². The number of hydrogen-bond acceptors (Lipinski definition) is 3. The SMILES string of the molecule is CC1(C)C(CNCc2cccc([N+](=O)[O-])c2F)C1(C)C. The molecule has 1 aliphatic rings. The van der Waals surface area contributed by atoms with Gasteiger partial charge in [0.1, 0.15) is 0 Å². The van der Waals surface area contributed by atoms with Gasteiger partial charge < -0.3 is 5.32 Å². The van der Waals surface area contributed by atoms with Crippen LogP contribution in [-0.2, 0) is 6.54 Å². The first-order valence-corrected chi connectivity index (χ1v) is 6.82. The van der Waals surface area contributed by atoms with E-state index < -0.39 is 16.4 Å². The number of nitrogens with one attached hydrogen (secondary N) is 1. The highest BCUT2D eigenvalue weighted by atomic mass is 19.1. The van der Waals surface area contributed by atoms with E-state index in [2.05, 4.69) is 33.0 Å². The molecule has 1 aromatic rings. The Bertz CT molecular complexity index is 527. The summed E-state index contributed by atoms with van der Waals surface area (Å²) in [7, 11) is 0. The van der Waals surface area contributed by atoms with Crippen LogP contribution in [0, 0.1) is 32.7 Å². The van der Waals surface area contributed by atoms with E-state index in [0.717, 1.165) is 6.54 Å². The Morgan fingerprint density at radius 3 is 2.40 bits per heavy atom. The number of nitrogens with zero attached hydrogens (tertiary/aromatic N) is 1. The topological polar surface area (TPSA) is 55.2 Å². The zero-order chi connectivity index (χ0) is 15.1. The van der Waals surface area contributed by atoms with Crippen molar-refractivity contribution in [3.05, 3.63) is 39.7 Å². The van der Waals surface area contributed by atoms with Crippen LogP contribution in [0.2, 0.25) is 0 Å². The molecule has 0 aliphatic heterocycles. The lowest BCUT2D eigenvalue weighted by molar-refractivity contribution is -0.387. The molecule has 1 aromatic carbocycles. The second-order valence-corrected chi connectivity index (χ2v) is 6.63. The summed E-state index contributed by atoms with van der Waals surface area (Å²) in [6, 6.07) is 4.29. The molecule has 1 saturated carbocycles. The Morgan fingerprint density at radius 2 is 1.90 bits per heavy atom. The van der Waals surface area contributed by atoms with Crippen molar-refractivity contribution in [3.8, 4) is 0 Å². The Labute approximate surface area is 118 Å². The van der Waals surface area contributed by atoms with Gasteiger partial charge in [-0.05, 0) is 23.3 Å². The van der Waals surface area contributed by atoms with Crippen molar-refractivity contribution < 1.29 is 9.31 Å². The Hall–Kier alpha value is -1.49. The lowest BCUT2D eigenvalue weighted by atomic mass is 10.0.